The molecule has 0 aromatic heterocycles. The third kappa shape index (κ3) is 3.24. The van der Waals surface area contributed by atoms with E-state index in [4.69, 9.17) is 23.2 Å². The summed E-state index contributed by atoms with van der Waals surface area (Å²) in [5, 5.41) is 4.02. The van der Waals surface area contributed by atoms with E-state index in [1.807, 2.05) is 20.8 Å². The number of anilines is 2. The van der Waals surface area contributed by atoms with Gasteiger partial charge in [-0.2, -0.15) is 0 Å². The standard InChI is InChI=1S/C19H18Cl2N2O2/c1-11-8-12(20)4-6-15(11)22-17(24)10-23-16-7-5-13(21)9-14(16)19(2,3)18(23)25/h4-9H,10H2,1-3H3,(H,22,24). The van der Waals surface area contributed by atoms with Crippen LogP contribution in [0, 0.1) is 6.92 Å². The van der Waals surface area contributed by atoms with E-state index in [1.54, 1.807) is 36.4 Å². The van der Waals surface area contributed by atoms with Crippen molar-refractivity contribution >= 4 is 46.4 Å². The number of nitrogens with one attached hydrogen (secondary N) is 1. The molecule has 0 fully saturated rings. The van der Waals surface area contributed by atoms with Gasteiger partial charge < -0.3 is 10.2 Å². The van der Waals surface area contributed by atoms with Crippen LogP contribution in [0.4, 0.5) is 11.4 Å². The first kappa shape index (κ1) is 17.8. The molecule has 2 aromatic carbocycles. The van der Waals surface area contributed by atoms with Gasteiger partial charge in [0.2, 0.25) is 11.8 Å². The van der Waals surface area contributed by atoms with Crippen molar-refractivity contribution in [1.82, 2.24) is 0 Å². The highest BCUT2D eigenvalue weighted by Gasteiger charge is 2.44. The quantitative estimate of drug-likeness (QED) is 0.852. The van der Waals surface area contributed by atoms with E-state index in [9.17, 15) is 9.59 Å². The van der Waals surface area contributed by atoms with Crippen molar-refractivity contribution in [2.24, 2.45) is 0 Å². The summed E-state index contributed by atoms with van der Waals surface area (Å²) in [6, 6.07) is 10.5. The van der Waals surface area contributed by atoms with Crippen LogP contribution in [-0.2, 0) is 15.0 Å². The zero-order chi connectivity index (χ0) is 18.4. The summed E-state index contributed by atoms with van der Waals surface area (Å²) in [4.78, 5) is 26.8. The first-order chi connectivity index (χ1) is 11.7. The van der Waals surface area contributed by atoms with Crippen LogP contribution in [0.1, 0.15) is 25.0 Å². The second-order valence-electron chi connectivity index (χ2n) is 6.69. The van der Waals surface area contributed by atoms with E-state index in [0.717, 1.165) is 16.8 Å². The molecule has 25 heavy (non-hydrogen) atoms. The molecular weight excluding hydrogens is 359 g/mol. The number of halogens is 2. The summed E-state index contributed by atoms with van der Waals surface area (Å²) in [7, 11) is 0. The second kappa shape index (κ2) is 6.36. The minimum Gasteiger partial charge on any atom is -0.324 e. The number of fused-ring (bicyclic) bond motifs is 1. The van der Waals surface area contributed by atoms with Gasteiger partial charge in [-0.15, -0.1) is 0 Å². The summed E-state index contributed by atoms with van der Waals surface area (Å²) in [5.74, 6) is -0.384. The molecule has 0 saturated heterocycles. The Bertz CT molecular complexity index is 878. The Hall–Kier alpha value is -2.04. The topological polar surface area (TPSA) is 49.4 Å². The van der Waals surface area contributed by atoms with Gasteiger partial charge in [-0.3, -0.25) is 9.59 Å². The Morgan fingerprint density at radius 1 is 1.12 bits per heavy atom. The van der Waals surface area contributed by atoms with Crippen LogP contribution < -0.4 is 10.2 Å². The molecule has 0 bridgehead atoms. The average molecular weight is 377 g/mol. The van der Waals surface area contributed by atoms with E-state index >= 15 is 0 Å². The van der Waals surface area contributed by atoms with Gasteiger partial charge in [0.25, 0.3) is 0 Å². The molecule has 0 unspecified atom stereocenters. The molecule has 3 rings (SSSR count). The van der Waals surface area contributed by atoms with E-state index in [-0.39, 0.29) is 18.4 Å². The molecule has 6 heteroatoms. The van der Waals surface area contributed by atoms with Crippen LogP contribution in [0.2, 0.25) is 10.0 Å². The summed E-state index contributed by atoms with van der Waals surface area (Å²) >= 11 is 12.0. The zero-order valence-electron chi connectivity index (χ0n) is 14.2. The molecular formula is C19H18Cl2N2O2. The van der Waals surface area contributed by atoms with E-state index in [1.165, 1.54) is 4.90 Å². The van der Waals surface area contributed by atoms with Crippen LogP contribution in [0.25, 0.3) is 0 Å². The number of rotatable bonds is 3. The molecule has 1 aliphatic rings. The van der Waals surface area contributed by atoms with Gasteiger partial charge in [0.05, 0.1) is 5.41 Å². The molecule has 0 saturated carbocycles. The molecule has 4 nitrogen and oxygen atoms in total. The van der Waals surface area contributed by atoms with Gasteiger partial charge in [-0.05, 0) is 68.3 Å². The fraction of sp³-hybridized carbons (Fsp3) is 0.263. The number of hydrogen-bond acceptors (Lipinski definition) is 2. The lowest BCUT2D eigenvalue weighted by Crippen LogP contribution is -2.40. The second-order valence-corrected chi connectivity index (χ2v) is 7.56. The van der Waals surface area contributed by atoms with Crippen molar-refractivity contribution in [3.8, 4) is 0 Å². The maximum Gasteiger partial charge on any atom is 0.244 e. The minimum absolute atomic E-state index is 0.0566. The zero-order valence-corrected chi connectivity index (χ0v) is 15.7. The molecule has 2 amide bonds. The lowest BCUT2D eigenvalue weighted by molar-refractivity contribution is -0.124. The summed E-state index contributed by atoms with van der Waals surface area (Å²) in [5.41, 5.74) is 2.39. The van der Waals surface area contributed by atoms with Crippen molar-refractivity contribution in [1.29, 1.82) is 0 Å². The number of benzene rings is 2. The highest BCUT2D eigenvalue weighted by molar-refractivity contribution is 6.31. The smallest absolute Gasteiger partial charge is 0.244 e. The molecule has 0 spiro atoms. The van der Waals surface area contributed by atoms with Crippen molar-refractivity contribution < 1.29 is 9.59 Å². The van der Waals surface area contributed by atoms with Gasteiger partial charge in [-0.1, -0.05) is 23.2 Å². The normalized spacial score (nSPS) is 15.2. The first-order valence-electron chi connectivity index (χ1n) is 7.88. The van der Waals surface area contributed by atoms with Crippen LogP contribution in [-0.4, -0.2) is 18.4 Å². The summed E-state index contributed by atoms with van der Waals surface area (Å²) < 4.78 is 0. The number of carbonyl (C=O) groups excluding carboxylic acids is 2. The van der Waals surface area contributed by atoms with Gasteiger partial charge >= 0.3 is 0 Å². The third-order valence-electron chi connectivity index (χ3n) is 4.47. The number of aryl methyl sites for hydroxylation is 1. The first-order valence-corrected chi connectivity index (χ1v) is 8.64. The largest absolute Gasteiger partial charge is 0.324 e. The van der Waals surface area contributed by atoms with Crippen LogP contribution in [0.3, 0.4) is 0 Å². The molecule has 0 atom stereocenters. The van der Waals surface area contributed by atoms with Gasteiger partial charge in [-0.25, -0.2) is 0 Å². The Morgan fingerprint density at radius 2 is 1.76 bits per heavy atom. The predicted octanol–water partition coefficient (Wildman–Crippen LogP) is 4.56. The van der Waals surface area contributed by atoms with Gasteiger partial charge in [0.1, 0.15) is 6.54 Å². The molecule has 0 aliphatic carbocycles. The Balaban J connectivity index is 1.83. The van der Waals surface area contributed by atoms with Crippen LogP contribution in [0.15, 0.2) is 36.4 Å². The van der Waals surface area contributed by atoms with Crippen LogP contribution in [0.5, 0.6) is 0 Å². The fourth-order valence-electron chi connectivity index (χ4n) is 3.06. The minimum atomic E-state index is -0.712. The number of nitrogens with zero attached hydrogens (tertiary/aromatic N) is 1. The van der Waals surface area contributed by atoms with Crippen LogP contribution >= 0.6 is 23.2 Å². The van der Waals surface area contributed by atoms with Crippen molar-refractivity contribution in [2.45, 2.75) is 26.2 Å². The Kier molecular flexibility index (Phi) is 4.52. The molecule has 1 aliphatic heterocycles. The van der Waals surface area contributed by atoms with Gasteiger partial charge in [0.15, 0.2) is 0 Å². The molecule has 2 aromatic rings. The van der Waals surface area contributed by atoms with Crippen molar-refractivity contribution in [3.63, 3.8) is 0 Å². The maximum atomic E-state index is 12.8. The lowest BCUT2D eigenvalue weighted by atomic mass is 9.86. The predicted molar refractivity (Wildman–Crippen MR) is 102 cm³/mol. The Morgan fingerprint density at radius 3 is 2.44 bits per heavy atom. The average Bonchev–Trinajstić information content (AvgIpc) is 2.71. The maximum absolute atomic E-state index is 12.8. The highest BCUT2D eigenvalue weighted by atomic mass is 35.5. The van der Waals surface area contributed by atoms with Crippen molar-refractivity contribution in [3.05, 3.63) is 57.6 Å². The van der Waals surface area contributed by atoms with Gasteiger partial charge in [0, 0.05) is 21.4 Å². The highest BCUT2D eigenvalue weighted by Crippen LogP contribution is 2.42. The number of carbonyl (C=O) groups is 2. The summed E-state index contributed by atoms with van der Waals surface area (Å²) in [6.07, 6.45) is 0. The number of amides is 2. The van der Waals surface area contributed by atoms with E-state index < -0.39 is 5.41 Å². The lowest BCUT2D eigenvalue weighted by Gasteiger charge is -2.20. The molecule has 1 heterocycles. The van der Waals surface area contributed by atoms with Crippen molar-refractivity contribution in [2.75, 3.05) is 16.8 Å². The molecule has 1 N–H and O–H groups in total. The molecule has 0 radical (unpaired) electrons. The SMILES string of the molecule is Cc1cc(Cl)ccc1NC(=O)CN1C(=O)C(C)(C)c2cc(Cl)ccc21. The monoisotopic (exact) mass is 376 g/mol. The van der Waals surface area contributed by atoms with E-state index in [0.29, 0.717) is 15.7 Å². The third-order valence-corrected chi connectivity index (χ3v) is 4.94. The summed E-state index contributed by atoms with van der Waals surface area (Å²) in [6.45, 7) is 5.49. The fourth-order valence-corrected chi connectivity index (χ4v) is 3.46. The number of hydrogen-bond donors (Lipinski definition) is 1. The Labute approximate surface area is 156 Å². The van der Waals surface area contributed by atoms with E-state index in [2.05, 4.69) is 5.32 Å². The molecule has 130 valence electrons.